The Kier molecular flexibility index (Phi) is 5.56. The quantitative estimate of drug-likeness (QED) is 0.576. The molecule has 6 nitrogen and oxygen atoms in total. The van der Waals surface area contributed by atoms with Gasteiger partial charge in [-0.15, -0.1) is 0 Å². The van der Waals surface area contributed by atoms with Crippen molar-refractivity contribution >= 4 is 34.1 Å². The molecule has 0 aliphatic carbocycles. The Hall–Kier alpha value is -2.61. The van der Waals surface area contributed by atoms with Crippen molar-refractivity contribution in [2.24, 2.45) is 0 Å². The number of amides is 2. The van der Waals surface area contributed by atoms with E-state index in [0.29, 0.717) is 35.2 Å². The van der Waals surface area contributed by atoms with Crippen LogP contribution >= 0.6 is 11.6 Å². The topological polar surface area (TPSA) is 57.0 Å². The lowest BCUT2D eigenvalue weighted by Gasteiger charge is -2.37. The lowest BCUT2D eigenvalue weighted by atomic mass is 10.2. The van der Waals surface area contributed by atoms with Crippen molar-refractivity contribution in [3.05, 3.63) is 77.2 Å². The van der Waals surface area contributed by atoms with Crippen LogP contribution in [-0.4, -0.2) is 46.2 Å². The SMILES string of the molecule is O=C(N1CCN(Cc2ccco2)CC1)N1Cc2ccccc2S(=O)c2ccc(Cl)cc21. The predicted molar refractivity (Wildman–Crippen MR) is 120 cm³/mol. The fraction of sp³-hybridized carbons (Fsp3) is 0.261. The van der Waals surface area contributed by atoms with Gasteiger partial charge in [-0.3, -0.25) is 9.80 Å². The van der Waals surface area contributed by atoms with Gasteiger partial charge in [0.2, 0.25) is 0 Å². The minimum Gasteiger partial charge on any atom is -0.468 e. The summed E-state index contributed by atoms with van der Waals surface area (Å²) < 4.78 is 18.7. The van der Waals surface area contributed by atoms with E-state index in [9.17, 15) is 9.00 Å². The zero-order valence-corrected chi connectivity index (χ0v) is 18.4. The van der Waals surface area contributed by atoms with Crippen LogP contribution in [0.15, 0.2) is 75.1 Å². The fourth-order valence-electron chi connectivity index (χ4n) is 4.11. The van der Waals surface area contributed by atoms with Crippen LogP contribution in [-0.2, 0) is 23.9 Å². The normalized spacial score (nSPS) is 18.9. The summed E-state index contributed by atoms with van der Waals surface area (Å²) in [7, 11) is -1.37. The lowest BCUT2D eigenvalue weighted by Crippen LogP contribution is -2.52. The van der Waals surface area contributed by atoms with Crippen LogP contribution in [0.25, 0.3) is 0 Å². The average Bonchev–Trinajstić information content (AvgIpc) is 3.26. The highest BCUT2D eigenvalue weighted by molar-refractivity contribution is 7.85. The number of anilines is 1. The first kappa shape index (κ1) is 20.3. The van der Waals surface area contributed by atoms with Crippen LogP contribution in [0.1, 0.15) is 11.3 Å². The van der Waals surface area contributed by atoms with Crippen LogP contribution in [0.5, 0.6) is 0 Å². The fourth-order valence-corrected chi connectivity index (χ4v) is 5.64. The monoisotopic (exact) mass is 455 g/mol. The number of urea groups is 1. The number of halogens is 1. The maximum Gasteiger partial charge on any atom is 0.324 e. The first-order valence-electron chi connectivity index (χ1n) is 10.2. The maximum atomic E-state index is 13.6. The Bertz CT molecular complexity index is 1130. The Morgan fingerprint density at radius 1 is 1.00 bits per heavy atom. The van der Waals surface area contributed by atoms with Crippen molar-refractivity contribution in [1.29, 1.82) is 0 Å². The number of hydrogen-bond acceptors (Lipinski definition) is 4. The number of carbonyl (C=O) groups excluding carboxylic acids is 1. The molecule has 0 N–H and O–H groups in total. The molecule has 3 aromatic rings. The molecule has 0 bridgehead atoms. The second-order valence-corrected chi connectivity index (χ2v) is 9.55. The summed E-state index contributed by atoms with van der Waals surface area (Å²) in [6.45, 7) is 3.88. The lowest BCUT2D eigenvalue weighted by molar-refractivity contribution is 0.133. The zero-order chi connectivity index (χ0) is 21.4. The summed E-state index contributed by atoms with van der Waals surface area (Å²) in [5, 5.41) is 0.516. The van der Waals surface area contributed by atoms with Crippen LogP contribution in [0.3, 0.4) is 0 Å². The van der Waals surface area contributed by atoms with Crippen LogP contribution < -0.4 is 4.90 Å². The molecule has 1 aromatic heterocycles. The second-order valence-electron chi connectivity index (χ2n) is 7.70. The summed E-state index contributed by atoms with van der Waals surface area (Å²) >= 11 is 6.27. The molecule has 2 amide bonds. The summed E-state index contributed by atoms with van der Waals surface area (Å²) in [4.78, 5) is 20.8. The van der Waals surface area contributed by atoms with Gasteiger partial charge in [-0.25, -0.2) is 9.00 Å². The van der Waals surface area contributed by atoms with Gasteiger partial charge in [-0.2, -0.15) is 0 Å². The van der Waals surface area contributed by atoms with E-state index in [4.69, 9.17) is 16.0 Å². The van der Waals surface area contributed by atoms with Gasteiger partial charge >= 0.3 is 6.03 Å². The molecule has 1 saturated heterocycles. The van der Waals surface area contributed by atoms with Crippen molar-refractivity contribution in [2.75, 3.05) is 31.1 Å². The molecular formula is C23H22ClN3O3S. The molecule has 1 fully saturated rings. The average molecular weight is 456 g/mol. The van der Waals surface area contributed by atoms with Crippen molar-refractivity contribution in [2.45, 2.75) is 22.9 Å². The summed E-state index contributed by atoms with van der Waals surface area (Å²) in [5.41, 5.74) is 1.50. The highest BCUT2D eigenvalue weighted by atomic mass is 35.5. The first-order chi connectivity index (χ1) is 15.1. The molecule has 3 heterocycles. The van der Waals surface area contributed by atoms with Crippen molar-refractivity contribution in [1.82, 2.24) is 9.80 Å². The molecule has 0 saturated carbocycles. The molecule has 5 rings (SSSR count). The van der Waals surface area contributed by atoms with Crippen LogP contribution in [0.4, 0.5) is 10.5 Å². The third kappa shape index (κ3) is 4.01. The van der Waals surface area contributed by atoms with E-state index in [1.54, 1.807) is 29.4 Å². The number of nitrogens with zero attached hydrogens (tertiary/aromatic N) is 3. The Morgan fingerprint density at radius 2 is 1.81 bits per heavy atom. The van der Waals surface area contributed by atoms with Crippen LogP contribution in [0.2, 0.25) is 5.02 Å². The van der Waals surface area contributed by atoms with Crippen molar-refractivity contribution in [3.63, 3.8) is 0 Å². The smallest absolute Gasteiger partial charge is 0.324 e. The van der Waals surface area contributed by atoms with E-state index in [2.05, 4.69) is 4.90 Å². The molecule has 2 aliphatic rings. The number of rotatable bonds is 2. The summed E-state index contributed by atoms with van der Waals surface area (Å²) in [6.07, 6.45) is 1.68. The maximum absolute atomic E-state index is 13.6. The van der Waals surface area contributed by atoms with E-state index in [-0.39, 0.29) is 6.03 Å². The van der Waals surface area contributed by atoms with Gasteiger partial charge < -0.3 is 9.32 Å². The molecule has 2 aliphatic heterocycles. The van der Waals surface area contributed by atoms with Crippen molar-refractivity contribution < 1.29 is 13.4 Å². The van der Waals surface area contributed by atoms with Gasteiger partial charge in [0, 0.05) is 36.1 Å². The van der Waals surface area contributed by atoms with Gasteiger partial charge in [0.1, 0.15) is 5.76 Å². The first-order valence-corrected chi connectivity index (χ1v) is 11.7. The number of carbonyl (C=O) groups is 1. The van der Waals surface area contributed by atoms with Gasteiger partial charge in [0.05, 0.1) is 40.7 Å². The molecule has 0 spiro atoms. The summed E-state index contributed by atoms with van der Waals surface area (Å²) in [5.74, 6) is 0.926. The number of fused-ring (bicyclic) bond motifs is 2. The zero-order valence-electron chi connectivity index (χ0n) is 16.9. The van der Waals surface area contributed by atoms with Crippen LogP contribution in [0, 0.1) is 0 Å². The predicted octanol–water partition coefficient (Wildman–Crippen LogP) is 4.36. The molecule has 31 heavy (non-hydrogen) atoms. The molecule has 160 valence electrons. The minimum absolute atomic E-state index is 0.0881. The molecule has 1 atom stereocenters. The Labute approximate surface area is 188 Å². The second kappa shape index (κ2) is 8.49. The van der Waals surface area contributed by atoms with Crippen molar-refractivity contribution in [3.8, 4) is 0 Å². The molecule has 2 aromatic carbocycles. The molecule has 0 radical (unpaired) electrons. The van der Waals surface area contributed by atoms with Gasteiger partial charge in [-0.05, 0) is 42.0 Å². The number of benzene rings is 2. The van der Waals surface area contributed by atoms with E-state index in [0.717, 1.165) is 35.9 Å². The van der Waals surface area contributed by atoms with E-state index in [1.807, 2.05) is 41.3 Å². The number of piperazine rings is 1. The van der Waals surface area contributed by atoms with E-state index < -0.39 is 10.8 Å². The highest BCUT2D eigenvalue weighted by Crippen LogP contribution is 2.36. The van der Waals surface area contributed by atoms with E-state index >= 15 is 0 Å². The van der Waals surface area contributed by atoms with E-state index in [1.165, 1.54) is 0 Å². The Morgan fingerprint density at radius 3 is 2.58 bits per heavy atom. The van der Waals surface area contributed by atoms with Gasteiger partial charge in [0.25, 0.3) is 0 Å². The molecule has 8 heteroatoms. The molecule has 1 unspecified atom stereocenters. The molecular weight excluding hydrogens is 434 g/mol. The highest BCUT2D eigenvalue weighted by Gasteiger charge is 2.32. The summed E-state index contributed by atoms with van der Waals surface area (Å²) in [6, 6.07) is 16.6. The third-order valence-electron chi connectivity index (χ3n) is 5.75. The minimum atomic E-state index is -1.37. The number of hydrogen-bond donors (Lipinski definition) is 0. The Balaban J connectivity index is 1.40. The largest absolute Gasteiger partial charge is 0.468 e. The third-order valence-corrected chi connectivity index (χ3v) is 7.52. The number of furan rings is 1. The standard InChI is InChI=1S/C23H22ClN3O3S/c24-18-7-8-22-20(14-18)27(15-17-4-1-2-6-21(17)31(22)29)23(28)26-11-9-25(10-12-26)16-19-5-3-13-30-19/h1-8,13-14H,9-12,15-16H2. The van der Waals surface area contributed by atoms with Gasteiger partial charge in [0.15, 0.2) is 0 Å². The van der Waals surface area contributed by atoms with Gasteiger partial charge in [-0.1, -0.05) is 29.8 Å².